The zero-order valence-electron chi connectivity index (χ0n) is 13.3. The molecule has 0 saturated carbocycles. The first-order valence-electron chi connectivity index (χ1n) is 8.43. The molecule has 3 heterocycles. The molecule has 1 saturated heterocycles. The van der Waals surface area contributed by atoms with E-state index in [1.54, 1.807) is 0 Å². The molecule has 2 aliphatic heterocycles. The van der Waals surface area contributed by atoms with E-state index in [4.69, 9.17) is 0 Å². The minimum atomic E-state index is -2.81. The number of hydrogen-bond donors (Lipinski definition) is 2. The highest BCUT2D eigenvalue weighted by Crippen LogP contribution is 2.27. The highest BCUT2D eigenvalue weighted by molar-refractivity contribution is 5.96. The van der Waals surface area contributed by atoms with Gasteiger partial charge in [-0.2, -0.15) is 0 Å². The van der Waals surface area contributed by atoms with Crippen molar-refractivity contribution in [2.75, 3.05) is 11.9 Å². The lowest BCUT2D eigenvalue weighted by atomic mass is 10.1. The summed E-state index contributed by atoms with van der Waals surface area (Å²) >= 11 is 0. The molecule has 5 nitrogen and oxygen atoms in total. The molecule has 1 amide bonds. The molecule has 7 heteroatoms. The summed E-state index contributed by atoms with van der Waals surface area (Å²) in [7, 11) is 0. The lowest BCUT2D eigenvalue weighted by Gasteiger charge is -2.11. The zero-order chi connectivity index (χ0) is 16.7. The van der Waals surface area contributed by atoms with Crippen molar-refractivity contribution in [1.29, 1.82) is 0 Å². The lowest BCUT2D eigenvalue weighted by Crippen LogP contribution is -2.35. The average molecular weight is 334 g/mol. The number of halogens is 2. The van der Waals surface area contributed by atoms with Crippen LogP contribution in [0.3, 0.4) is 0 Å². The van der Waals surface area contributed by atoms with E-state index in [0.29, 0.717) is 5.69 Å². The first kappa shape index (κ1) is 15.5. The van der Waals surface area contributed by atoms with Gasteiger partial charge in [0.05, 0.1) is 23.6 Å². The molecular formula is C17H20F2N4O. The highest BCUT2D eigenvalue weighted by atomic mass is 19.3. The number of benzene rings is 1. The van der Waals surface area contributed by atoms with E-state index < -0.39 is 30.8 Å². The van der Waals surface area contributed by atoms with Gasteiger partial charge in [-0.3, -0.25) is 10.1 Å². The molecule has 0 bridgehead atoms. The van der Waals surface area contributed by atoms with E-state index in [0.717, 1.165) is 42.7 Å². The second-order valence-electron chi connectivity index (χ2n) is 6.68. The van der Waals surface area contributed by atoms with Gasteiger partial charge in [0.2, 0.25) is 5.91 Å². The number of carbonyl (C=O) groups is 1. The molecule has 0 radical (unpaired) electrons. The van der Waals surface area contributed by atoms with E-state index in [9.17, 15) is 13.6 Å². The summed E-state index contributed by atoms with van der Waals surface area (Å²) in [5, 5.41) is 5.29. The van der Waals surface area contributed by atoms with E-state index in [2.05, 4.69) is 20.2 Å². The molecule has 1 atom stereocenters. The summed E-state index contributed by atoms with van der Waals surface area (Å²) < 4.78 is 28.7. The van der Waals surface area contributed by atoms with Crippen molar-refractivity contribution < 1.29 is 13.6 Å². The Hall–Kier alpha value is -2.02. The van der Waals surface area contributed by atoms with Gasteiger partial charge in [-0.05, 0) is 31.0 Å². The Kier molecular flexibility index (Phi) is 3.75. The Labute approximate surface area is 138 Å². The summed E-state index contributed by atoms with van der Waals surface area (Å²) in [6.07, 6.45) is 4.03. The maximum Gasteiger partial charge on any atom is 0.262 e. The van der Waals surface area contributed by atoms with Crippen LogP contribution in [0.5, 0.6) is 0 Å². The number of carbonyl (C=O) groups excluding carboxylic acids is 1. The van der Waals surface area contributed by atoms with Crippen LogP contribution in [-0.2, 0) is 17.8 Å². The standard InChI is InChI=1S/C17H20F2N4O/c18-17(19)9-13(20-10-17)16(24)21-11-5-6-14-12(8-11)22-15-4-2-1-3-7-23(14)15/h5-6,8,13,20H,1-4,7,9-10H2,(H,21,24). The molecule has 1 fully saturated rings. The van der Waals surface area contributed by atoms with Crippen LogP contribution in [0.4, 0.5) is 14.5 Å². The first-order chi connectivity index (χ1) is 11.5. The third-order valence-electron chi connectivity index (χ3n) is 4.80. The van der Waals surface area contributed by atoms with Gasteiger partial charge in [0.1, 0.15) is 5.82 Å². The summed E-state index contributed by atoms with van der Waals surface area (Å²) in [5.74, 6) is -2.15. The fourth-order valence-electron chi connectivity index (χ4n) is 3.56. The van der Waals surface area contributed by atoms with E-state index in [1.165, 1.54) is 6.42 Å². The van der Waals surface area contributed by atoms with Gasteiger partial charge in [-0.25, -0.2) is 13.8 Å². The quantitative estimate of drug-likeness (QED) is 0.888. The van der Waals surface area contributed by atoms with Crippen LogP contribution in [-0.4, -0.2) is 34.0 Å². The summed E-state index contributed by atoms with van der Waals surface area (Å²) in [6.45, 7) is 0.524. The van der Waals surface area contributed by atoms with Gasteiger partial charge in [0.25, 0.3) is 5.92 Å². The third-order valence-corrected chi connectivity index (χ3v) is 4.80. The van der Waals surface area contributed by atoms with Gasteiger partial charge >= 0.3 is 0 Å². The van der Waals surface area contributed by atoms with Crippen molar-refractivity contribution in [3.05, 3.63) is 24.0 Å². The minimum Gasteiger partial charge on any atom is -0.328 e. The van der Waals surface area contributed by atoms with Crippen molar-refractivity contribution in [3.8, 4) is 0 Å². The maximum absolute atomic E-state index is 13.2. The second kappa shape index (κ2) is 5.81. The predicted octanol–water partition coefficient (Wildman–Crippen LogP) is 2.70. The first-order valence-corrected chi connectivity index (χ1v) is 8.43. The SMILES string of the molecule is O=C(Nc1ccc2c(c1)nc1n2CCCCC1)C1CC(F)(F)CN1. The van der Waals surface area contributed by atoms with Crippen LogP contribution >= 0.6 is 0 Å². The van der Waals surface area contributed by atoms with E-state index in [-0.39, 0.29) is 0 Å². The van der Waals surface area contributed by atoms with Gasteiger partial charge in [-0.15, -0.1) is 0 Å². The molecule has 1 unspecified atom stereocenters. The smallest absolute Gasteiger partial charge is 0.262 e. The monoisotopic (exact) mass is 334 g/mol. The molecule has 2 aromatic rings. The lowest BCUT2D eigenvalue weighted by molar-refractivity contribution is -0.118. The Morgan fingerprint density at radius 3 is 3.00 bits per heavy atom. The summed E-state index contributed by atoms with van der Waals surface area (Å²) in [6, 6.07) is 4.73. The predicted molar refractivity (Wildman–Crippen MR) is 87.3 cm³/mol. The Balaban J connectivity index is 1.54. The number of nitrogens with one attached hydrogen (secondary N) is 2. The molecule has 128 valence electrons. The van der Waals surface area contributed by atoms with Gasteiger partial charge in [-0.1, -0.05) is 6.42 Å². The van der Waals surface area contributed by atoms with Crippen molar-refractivity contribution in [1.82, 2.24) is 14.9 Å². The Morgan fingerprint density at radius 1 is 1.33 bits per heavy atom. The number of alkyl halides is 2. The second-order valence-corrected chi connectivity index (χ2v) is 6.68. The van der Waals surface area contributed by atoms with Crippen LogP contribution in [0.15, 0.2) is 18.2 Å². The van der Waals surface area contributed by atoms with Crippen LogP contribution in [0, 0.1) is 0 Å². The van der Waals surface area contributed by atoms with Crippen LogP contribution in [0.25, 0.3) is 11.0 Å². The van der Waals surface area contributed by atoms with Crippen molar-refractivity contribution in [2.24, 2.45) is 0 Å². The van der Waals surface area contributed by atoms with Crippen molar-refractivity contribution in [2.45, 2.75) is 50.6 Å². The molecule has 1 aromatic heterocycles. The number of aromatic nitrogens is 2. The zero-order valence-corrected chi connectivity index (χ0v) is 13.3. The maximum atomic E-state index is 13.2. The van der Waals surface area contributed by atoms with Gasteiger partial charge < -0.3 is 9.88 Å². The van der Waals surface area contributed by atoms with Crippen molar-refractivity contribution in [3.63, 3.8) is 0 Å². The van der Waals surface area contributed by atoms with Crippen molar-refractivity contribution >= 4 is 22.6 Å². The number of nitrogens with zero attached hydrogens (tertiary/aromatic N) is 2. The summed E-state index contributed by atoms with van der Waals surface area (Å²) in [4.78, 5) is 16.8. The number of amides is 1. The van der Waals surface area contributed by atoms with E-state index in [1.807, 2.05) is 18.2 Å². The minimum absolute atomic E-state index is 0.424. The molecule has 0 spiro atoms. The molecule has 1 aromatic carbocycles. The number of anilines is 1. The molecule has 2 N–H and O–H groups in total. The highest BCUT2D eigenvalue weighted by Gasteiger charge is 2.42. The largest absolute Gasteiger partial charge is 0.328 e. The Bertz CT molecular complexity index is 786. The fraction of sp³-hybridized carbons (Fsp3) is 0.529. The van der Waals surface area contributed by atoms with Crippen LogP contribution in [0.2, 0.25) is 0 Å². The number of fused-ring (bicyclic) bond motifs is 3. The van der Waals surface area contributed by atoms with E-state index >= 15 is 0 Å². The topological polar surface area (TPSA) is 59.0 Å². The molecular weight excluding hydrogens is 314 g/mol. The average Bonchev–Trinajstić information content (AvgIpc) is 2.98. The van der Waals surface area contributed by atoms with Crippen LogP contribution < -0.4 is 10.6 Å². The normalized spacial score (nSPS) is 23.0. The molecule has 2 aliphatic rings. The number of imidazole rings is 1. The summed E-state index contributed by atoms with van der Waals surface area (Å²) in [5.41, 5.74) is 2.50. The third kappa shape index (κ3) is 2.88. The molecule has 0 aliphatic carbocycles. The fourth-order valence-corrected chi connectivity index (χ4v) is 3.56. The number of rotatable bonds is 2. The molecule has 24 heavy (non-hydrogen) atoms. The molecule has 4 rings (SSSR count). The van der Waals surface area contributed by atoms with Gasteiger partial charge in [0.15, 0.2) is 0 Å². The Morgan fingerprint density at radius 2 is 2.21 bits per heavy atom. The van der Waals surface area contributed by atoms with Crippen LogP contribution in [0.1, 0.15) is 31.5 Å². The number of aryl methyl sites for hydroxylation is 2. The van der Waals surface area contributed by atoms with Gasteiger partial charge in [0, 0.05) is 25.1 Å². The number of hydrogen-bond acceptors (Lipinski definition) is 3.